The molecule has 17 heavy (non-hydrogen) atoms. The van der Waals surface area contributed by atoms with Gasteiger partial charge in [0.1, 0.15) is 0 Å². The van der Waals surface area contributed by atoms with E-state index in [-0.39, 0.29) is 18.2 Å². The summed E-state index contributed by atoms with van der Waals surface area (Å²) in [4.78, 5) is 24.7. The molecule has 2 N–H and O–H groups in total. The Kier molecular flexibility index (Phi) is 3.81. The number of nitrogens with one attached hydrogen (secondary N) is 1. The lowest BCUT2D eigenvalue weighted by atomic mass is 9.95. The van der Waals surface area contributed by atoms with E-state index < -0.39 is 11.0 Å². The van der Waals surface area contributed by atoms with Crippen LogP contribution in [-0.2, 0) is 9.59 Å². The lowest BCUT2D eigenvalue weighted by Crippen LogP contribution is -2.61. The quantitative estimate of drug-likeness (QED) is 0.739. The molecule has 0 aromatic heterocycles. The largest absolute Gasteiger partial charge is 0.386 e. The van der Waals surface area contributed by atoms with Gasteiger partial charge in [0.25, 0.3) is 0 Å². The van der Waals surface area contributed by atoms with Gasteiger partial charge in [-0.15, -0.1) is 0 Å². The average molecular weight is 242 g/mol. The molecule has 1 fully saturated rings. The first-order chi connectivity index (χ1) is 7.62. The predicted molar refractivity (Wildman–Crippen MR) is 64.3 cm³/mol. The van der Waals surface area contributed by atoms with Gasteiger partial charge in [-0.05, 0) is 6.92 Å². The number of likely N-dealkylation sites (tertiary alicyclic amines) is 1. The number of hydrogen-bond acceptors (Lipinski definition) is 3. The maximum atomic E-state index is 11.6. The van der Waals surface area contributed by atoms with Gasteiger partial charge >= 0.3 is 0 Å². The molecule has 1 aliphatic heterocycles. The fourth-order valence-corrected chi connectivity index (χ4v) is 1.66. The van der Waals surface area contributed by atoms with Crippen LogP contribution >= 0.6 is 0 Å². The minimum absolute atomic E-state index is 0.0225. The van der Waals surface area contributed by atoms with E-state index in [1.54, 1.807) is 11.8 Å². The number of β-amino-alcohol motifs (C(OH)–C–C–N with tert-alkyl or cyclic N) is 1. The summed E-state index contributed by atoms with van der Waals surface area (Å²) in [5, 5.41) is 12.2. The maximum Gasteiger partial charge on any atom is 0.225 e. The van der Waals surface area contributed by atoms with Crippen molar-refractivity contribution in [2.45, 2.75) is 39.7 Å². The van der Waals surface area contributed by atoms with E-state index in [1.165, 1.54) is 0 Å². The van der Waals surface area contributed by atoms with Crippen molar-refractivity contribution >= 4 is 11.8 Å². The maximum absolute atomic E-state index is 11.6. The smallest absolute Gasteiger partial charge is 0.225 e. The molecular weight excluding hydrogens is 220 g/mol. The van der Waals surface area contributed by atoms with Crippen molar-refractivity contribution in [2.75, 3.05) is 19.6 Å². The van der Waals surface area contributed by atoms with Gasteiger partial charge < -0.3 is 15.3 Å². The molecule has 0 radical (unpaired) electrons. The van der Waals surface area contributed by atoms with Crippen LogP contribution in [0.25, 0.3) is 0 Å². The van der Waals surface area contributed by atoms with Gasteiger partial charge in [-0.2, -0.15) is 0 Å². The molecule has 5 heteroatoms. The van der Waals surface area contributed by atoms with Crippen LogP contribution in [0.5, 0.6) is 0 Å². The highest BCUT2D eigenvalue weighted by Gasteiger charge is 2.38. The SMILES string of the molecule is CC1(O)CN(C(=O)CCNC(=O)C(C)(C)C)C1. The molecular formula is C12H22N2O3. The Morgan fingerprint density at radius 3 is 2.29 bits per heavy atom. The van der Waals surface area contributed by atoms with Crippen molar-refractivity contribution in [1.29, 1.82) is 0 Å². The Hall–Kier alpha value is -1.10. The Morgan fingerprint density at radius 1 is 1.35 bits per heavy atom. The predicted octanol–water partition coefficient (Wildman–Crippen LogP) is 0.132. The summed E-state index contributed by atoms with van der Waals surface area (Å²) in [6.07, 6.45) is 0.290. The first-order valence-electron chi connectivity index (χ1n) is 5.90. The molecule has 0 spiro atoms. The molecule has 0 saturated carbocycles. The molecule has 0 aromatic carbocycles. The monoisotopic (exact) mass is 242 g/mol. The number of carbonyl (C=O) groups is 2. The van der Waals surface area contributed by atoms with Crippen molar-refractivity contribution in [3.8, 4) is 0 Å². The van der Waals surface area contributed by atoms with E-state index in [0.717, 1.165) is 0 Å². The summed E-state index contributed by atoms with van der Waals surface area (Å²) in [6.45, 7) is 8.33. The minimum Gasteiger partial charge on any atom is -0.386 e. The van der Waals surface area contributed by atoms with Crippen LogP contribution in [0, 0.1) is 5.41 Å². The van der Waals surface area contributed by atoms with E-state index in [9.17, 15) is 14.7 Å². The number of aliphatic hydroxyl groups is 1. The molecule has 98 valence electrons. The Labute approximate surface area is 102 Å². The molecule has 0 bridgehead atoms. The van der Waals surface area contributed by atoms with Crippen molar-refractivity contribution in [1.82, 2.24) is 10.2 Å². The fourth-order valence-electron chi connectivity index (χ4n) is 1.66. The van der Waals surface area contributed by atoms with E-state index in [4.69, 9.17) is 0 Å². The van der Waals surface area contributed by atoms with Gasteiger partial charge in [-0.25, -0.2) is 0 Å². The van der Waals surface area contributed by atoms with Gasteiger partial charge in [-0.3, -0.25) is 9.59 Å². The molecule has 0 atom stereocenters. The highest BCUT2D eigenvalue weighted by atomic mass is 16.3. The zero-order valence-electron chi connectivity index (χ0n) is 11.0. The van der Waals surface area contributed by atoms with Gasteiger partial charge in [0.2, 0.25) is 11.8 Å². The van der Waals surface area contributed by atoms with E-state index >= 15 is 0 Å². The van der Waals surface area contributed by atoms with E-state index in [0.29, 0.717) is 19.6 Å². The van der Waals surface area contributed by atoms with Crippen molar-refractivity contribution in [3.63, 3.8) is 0 Å². The third-order valence-electron chi connectivity index (χ3n) is 2.72. The van der Waals surface area contributed by atoms with Crippen molar-refractivity contribution in [2.24, 2.45) is 5.41 Å². The first kappa shape index (κ1) is 14.0. The second kappa shape index (κ2) is 4.64. The lowest BCUT2D eigenvalue weighted by Gasteiger charge is -2.44. The van der Waals surface area contributed by atoms with E-state index in [1.807, 2.05) is 20.8 Å². The Bertz CT molecular complexity index is 310. The summed E-state index contributed by atoms with van der Waals surface area (Å²) in [7, 11) is 0. The summed E-state index contributed by atoms with van der Waals surface area (Å²) in [5.74, 6) is -0.0772. The number of hydrogen-bond donors (Lipinski definition) is 2. The normalized spacial score (nSPS) is 18.5. The molecule has 1 aliphatic rings. The standard InChI is InChI=1S/C12H22N2O3/c1-11(2,3)10(16)13-6-5-9(15)14-7-12(4,17)8-14/h17H,5-8H2,1-4H3,(H,13,16). The number of nitrogens with zero attached hydrogens (tertiary/aromatic N) is 1. The minimum atomic E-state index is -0.732. The van der Waals surface area contributed by atoms with Crippen LogP contribution in [0.1, 0.15) is 34.1 Å². The second-order valence-corrected chi connectivity index (χ2v) is 6.00. The van der Waals surface area contributed by atoms with Crippen molar-refractivity contribution in [3.05, 3.63) is 0 Å². The highest BCUT2D eigenvalue weighted by Crippen LogP contribution is 2.20. The summed E-state index contributed by atoms with van der Waals surface area (Å²) < 4.78 is 0. The van der Waals surface area contributed by atoms with Crippen LogP contribution in [-0.4, -0.2) is 47.1 Å². The Morgan fingerprint density at radius 2 is 1.88 bits per heavy atom. The molecule has 0 aliphatic carbocycles. The van der Waals surface area contributed by atoms with Crippen LogP contribution in [0.15, 0.2) is 0 Å². The van der Waals surface area contributed by atoms with Crippen LogP contribution in [0.2, 0.25) is 0 Å². The first-order valence-corrected chi connectivity index (χ1v) is 5.90. The molecule has 1 heterocycles. The zero-order valence-corrected chi connectivity index (χ0v) is 11.0. The molecule has 0 unspecified atom stereocenters. The number of rotatable bonds is 3. The van der Waals surface area contributed by atoms with Crippen molar-refractivity contribution < 1.29 is 14.7 Å². The second-order valence-electron chi connectivity index (χ2n) is 6.00. The molecule has 1 saturated heterocycles. The van der Waals surface area contributed by atoms with Gasteiger partial charge in [0, 0.05) is 18.4 Å². The van der Waals surface area contributed by atoms with Crippen LogP contribution in [0.3, 0.4) is 0 Å². The molecule has 5 nitrogen and oxygen atoms in total. The van der Waals surface area contributed by atoms with Crippen LogP contribution < -0.4 is 5.32 Å². The summed E-state index contributed by atoms with van der Waals surface area (Å²) >= 11 is 0. The van der Waals surface area contributed by atoms with Gasteiger partial charge in [-0.1, -0.05) is 20.8 Å². The molecule has 1 rings (SSSR count). The third kappa shape index (κ3) is 4.00. The zero-order chi connectivity index (χ0) is 13.3. The molecule has 2 amide bonds. The molecule has 0 aromatic rings. The third-order valence-corrected chi connectivity index (χ3v) is 2.72. The summed E-state index contributed by atoms with van der Waals surface area (Å²) in [6, 6.07) is 0. The number of carbonyl (C=O) groups excluding carboxylic acids is 2. The fraction of sp³-hybridized carbons (Fsp3) is 0.833. The average Bonchev–Trinajstić information content (AvgIpc) is 2.12. The Balaban J connectivity index is 2.20. The summed E-state index contributed by atoms with van der Waals surface area (Å²) in [5.41, 5.74) is -1.16. The van der Waals surface area contributed by atoms with Crippen LogP contribution in [0.4, 0.5) is 0 Å². The van der Waals surface area contributed by atoms with Gasteiger partial charge in [0.15, 0.2) is 0 Å². The van der Waals surface area contributed by atoms with E-state index in [2.05, 4.69) is 5.32 Å². The highest BCUT2D eigenvalue weighted by molar-refractivity contribution is 5.82. The topological polar surface area (TPSA) is 69.6 Å². The number of amides is 2. The lowest BCUT2D eigenvalue weighted by molar-refractivity contribution is -0.152. The van der Waals surface area contributed by atoms with Gasteiger partial charge in [0.05, 0.1) is 18.7 Å².